The second-order valence-electron chi connectivity index (χ2n) is 11.1. The Balaban J connectivity index is 1.46. The van der Waals surface area contributed by atoms with Crippen LogP contribution in [-0.4, -0.2) is 34.3 Å². The molecular weight excluding hydrogens is 485 g/mol. The van der Waals surface area contributed by atoms with Gasteiger partial charge in [0.2, 0.25) is 5.95 Å². The summed E-state index contributed by atoms with van der Waals surface area (Å²) in [6.45, 7) is 14.5. The first kappa shape index (κ1) is 25.4. The zero-order valence-corrected chi connectivity index (χ0v) is 23.4. The molecule has 0 aliphatic carbocycles. The number of anilines is 1. The normalized spacial score (nSPS) is 13.6. The highest BCUT2D eigenvalue weighted by Gasteiger charge is 2.37. The molecule has 1 aliphatic heterocycles. The van der Waals surface area contributed by atoms with Gasteiger partial charge in [-0.15, -0.1) is 0 Å². The monoisotopic (exact) mass is 519 g/mol. The average Bonchev–Trinajstić information content (AvgIpc) is 3.52. The molecule has 0 spiro atoms. The SMILES string of the molecule is Cc1ccc(-c2cnc(NCc3c(F)ccc4c3CCO4)n3cncc23)c(CO[Si](C)(C)C(C)(C)C)n1. The van der Waals surface area contributed by atoms with Crippen molar-refractivity contribution < 1.29 is 13.6 Å². The molecule has 0 fully saturated rings. The minimum atomic E-state index is -1.96. The average molecular weight is 520 g/mol. The third-order valence-electron chi connectivity index (χ3n) is 7.60. The Bertz CT molecular complexity index is 1460. The Morgan fingerprint density at radius 2 is 1.95 bits per heavy atom. The molecule has 9 heteroatoms. The number of aryl methyl sites for hydroxylation is 1. The summed E-state index contributed by atoms with van der Waals surface area (Å²) in [7, 11) is -1.96. The van der Waals surface area contributed by atoms with Gasteiger partial charge in [-0.1, -0.05) is 26.8 Å². The quantitative estimate of drug-likeness (QED) is 0.289. The smallest absolute Gasteiger partial charge is 0.208 e. The first-order chi connectivity index (χ1) is 17.5. The van der Waals surface area contributed by atoms with Crippen molar-refractivity contribution in [1.82, 2.24) is 19.4 Å². The van der Waals surface area contributed by atoms with Gasteiger partial charge in [0.15, 0.2) is 8.32 Å². The zero-order valence-electron chi connectivity index (χ0n) is 22.4. The Labute approximate surface area is 218 Å². The predicted molar refractivity (Wildman–Crippen MR) is 146 cm³/mol. The Hall–Kier alpha value is -3.30. The maximum absolute atomic E-state index is 14.6. The molecule has 0 bridgehead atoms. The van der Waals surface area contributed by atoms with E-state index >= 15 is 0 Å². The zero-order chi connectivity index (χ0) is 26.4. The number of nitrogens with zero attached hydrogens (tertiary/aromatic N) is 4. The third kappa shape index (κ3) is 4.85. The van der Waals surface area contributed by atoms with E-state index in [9.17, 15) is 4.39 Å². The highest BCUT2D eigenvalue weighted by atomic mass is 28.4. The maximum Gasteiger partial charge on any atom is 0.208 e. The number of aromatic nitrogens is 4. The summed E-state index contributed by atoms with van der Waals surface area (Å²) < 4.78 is 28.7. The lowest BCUT2D eigenvalue weighted by Crippen LogP contribution is -2.40. The van der Waals surface area contributed by atoms with E-state index in [2.05, 4.69) is 50.2 Å². The van der Waals surface area contributed by atoms with Crippen LogP contribution in [-0.2, 0) is 24.0 Å². The molecule has 0 amide bonds. The molecule has 3 aromatic heterocycles. The van der Waals surface area contributed by atoms with Gasteiger partial charge in [0.25, 0.3) is 0 Å². The van der Waals surface area contributed by atoms with Gasteiger partial charge in [0.1, 0.15) is 17.9 Å². The summed E-state index contributed by atoms with van der Waals surface area (Å²) >= 11 is 0. The van der Waals surface area contributed by atoms with E-state index in [0.717, 1.165) is 39.3 Å². The van der Waals surface area contributed by atoms with E-state index in [1.165, 1.54) is 6.07 Å². The standard InChI is InChI=1S/C28H34FN5O2Si/c1-18-7-8-19(24(33-18)16-36-37(5,6)28(2,3)4)22-14-32-27(34-17-30-15-25(22)34)31-13-21-20-11-12-35-26(20)10-9-23(21)29/h7-10,14-15,17H,11-13,16H2,1-6H3,(H,31,32). The van der Waals surface area contributed by atoms with Crippen molar-refractivity contribution in [3.63, 3.8) is 0 Å². The lowest BCUT2D eigenvalue weighted by atomic mass is 10.0. The molecule has 0 saturated heterocycles. The molecule has 37 heavy (non-hydrogen) atoms. The minimum absolute atomic E-state index is 0.106. The lowest BCUT2D eigenvalue weighted by molar-refractivity contribution is 0.272. The van der Waals surface area contributed by atoms with Crippen LogP contribution in [0.5, 0.6) is 5.75 Å². The largest absolute Gasteiger partial charge is 0.493 e. The number of hydrogen-bond donors (Lipinski definition) is 1. The van der Waals surface area contributed by atoms with Crippen LogP contribution in [0.1, 0.15) is 43.3 Å². The fraction of sp³-hybridized carbons (Fsp3) is 0.393. The summed E-state index contributed by atoms with van der Waals surface area (Å²) in [5.74, 6) is 1.10. The van der Waals surface area contributed by atoms with Gasteiger partial charge in [-0.2, -0.15) is 0 Å². The highest BCUT2D eigenvalue weighted by Crippen LogP contribution is 2.38. The second kappa shape index (κ2) is 9.53. The van der Waals surface area contributed by atoms with E-state index in [4.69, 9.17) is 19.1 Å². The van der Waals surface area contributed by atoms with Crippen molar-refractivity contribution in [1.29, 1.82) is 0 Å². The summed E-state index contributed by atoms with van der Waals surface area (Å²) in [5, 5.41) is 3.41. The molecule has 5 rings (SSSR count). The van der Waals surface area contributed by atoms with Crippen LogP contribution in [0.15, 0.2) is 43.0 Å². The summed E-state index contributed by atoms with van der Waals surface area (Å²) in [5.41, 5.74) is 6.14. The van der Waals surface area contributed by atoms with Crippen LogP contribution in [0.3, 0.4) is 0 Å². The number of benzene rings is 1. The molecule has 7 nitrogen and oxygen atoms in total. The van der Waals surface area contributed by atoms with Crippen molar-refractivity contribution in [2.45, 2.75) is 65.4 Å². The lowest BCUT2D eigenvalue weighted by Gasteiger charge is -2.36. The minimum Gasteiger partial charge on any atom is -0.493 e. The first-order valence-corrected chi connectivity index (χ1v) is 15.5. The van der Waals surface area contributed by atoms with Gasteiger partial charge in [-0.3, -0.25) is 9.38 Å². The molecule has 1 N–H and O–H groups in total. The third-order valence-corrected chi connectivity index (χ3v) is 12.1. The van der Waals surface area contributed by atoms with Crippen LogP contribution < -0.4 is 10.1 Å². The number of halogens is 1. The molecule has 0 saturated carbocycles. The Kier molecular flexibility index (Phi) is 6.53. The number of pyridine rings is 1. The van der Waals surface area contributed by atoms with Crippen LogP contribution >= 0.6 is 0 Å². The van der Waals surface area contributed by atoms with Crippen LogP contribution in [0, 0.1) is 12.7 Å². The van der Waals surface area contributed by atoms with E-state index < -0.39 is 8.32 Å². The number of rotatable bonds is 7. The first-order valence-electron chi connectivity index (χ1n) is 12.6. The molecular formula is C28H34FN5O2Si. The van der Waals surface area contributed by atoms with Crippen molar-refractivity contribution in [2.24, 2.45) is 0 Å². The van der Waals surface area contributed by atoms with E-state index in [0.29, 0.717) is 37.7 Å². The van der Waals surface area contributed by atoms with Gasteiger partial charge in [-0.25, -0.2) is 14.4 Å². The number of nitrogens with one attached hydrogen (secondary N) is 1. The Morgan fingerprint density at radius 3 is 2.73 bits per heavy atom. The molecule has 0 atom stereocenters. The number of fused-ring (bicyclic) bond motifs is 2. The molecule has 1 aromatic carbocycles. The molecule has 4 aromatic rings. The van der Waals surface area contributed by atoms with Gasteiger partial charge in [0.05, 0.1) is 30.6 Å². The van der Waals surface area contributed by atoms with Crippen LogP contribution in [0.4, 0.5) is 10.3 Å². The molecule has 1 aliphatic rings. The van der Waals surface area contributed by atoms with Gasteiger partial charge < -0.3 is 14.5 Å². The topological polar surface area (TPSA) is 73.6 Å². The molecule has 0 unspecified atom stereocenters. The van der Waals surface area contributed by atoms with Crippen LogP contribution in [0.25, 0.3) is 16.6 Å². The van der Waals surface area contributed by atoms with E-state index in [-0.39, 0.29) is 10.9 Å². The number of imidazole rings is 1. The van der Waals surface area contributed by atoms with Crippen molar-refractivity contribution >= 4 is 19.8 Å². The highest BCUT2D eigenvalue weighted by molar-refractivity contribution is 6.74. The summed E-state index contributed by atoms with van der Waals surface area (Å²) in [4.78, 5) is 13.9. The summed E-state index contributed by atoms with van der Waals surface area (Å²) in [6.07, 6.45) is 6.07. The van der Waals surface area contributed by atoms with Gasteiger partial charge >= 0.3 is 0 Å². The van der Waals surface area contributed by atoms with Crippen molar-refractivity contribution in [3.05, 3.63) is 71.3 Å². The van der Waals surface area contributed by atoms with Gasteiger partial charge in [-0.05, 0) is 43.3 Å². The van der Waals surface area contributed by atoms with Crippen LogP contribution in [0.2, 0.25) is 18.1 Å². The predicted octanol–water partition coefficient (Wildman–Crippen LogP) is 6.31. The van der Waals surface area contributed by atoms with E-state index in [1.807, 2.05) is 29.8 Å². The van der Waals surface area contributed by atoms with Gasteiger partial charge in [0, 0.05) is 47.1 Å². The Morgan fingerprint density at radius 1 is 1.14 bits per heavy atom. The summed E-state index contributed by atoms with van der Waals surface area (Å²) in [6, 6.07) is 7.24. The van der Waals surface area contributed by atoms with Crippen molar-refractivity contribution in [3.8, 4) is 16.9 Å². The number of hydrogen-bond acceptors (Lipinski definition) is 6. The molecule has 0 radical (unpaired) electrons. The molecule has 194 valence electrons. The fourth-order valence-electron chi connectivity index (χ4n) is 4.36. The number of ether oxygens (including phenoxy) is 1. The fourth-order valence-corrected chi connectivity index (χ4v) is 5.29. The van der Waals surface area contributed by atoms with E-state index in [1.54, 1.807) is 12.4 Å². The molecule has 4 heterocycles. The maximum atomic E-state index is 14.6. The second-order valence-corrected chi connectivity index (χ2v) is 15.9. The van der Waals surface area contributed by atoms with Crippen molar-refractivity contribution in [2.75, 3.05) is 11.9 Å².